The summed E-state index contributed by atoms with van der Waals surface area (Å²) < 4.78 is 1.94. The van der Waals surface area contributed by atoms with E-state index >= 15 is 0 Å². The molecule has 2 heterocycles. The number of fused-ring (bicyclic) bond motifs is 1. The second-order valence-corrected chi connectivity index (χ2v) is 9.18. The van der Waals surface area contributed by atoms with Crippen LogP contribution in [0.1, 0.15) is 25.3 Å². The monoisotopic (exact) mass is 436 g/mol. The van der Waals surface area contributed by atoms with Crippen molar-refractivity contribution < 1.29 is 9.59 Å². The lowest BCUT2D eigenvalue weighted by atomic mass is 9.99. The topological polar surface area (TPSA) is 67.2 Å². The van der Waals surface area contributed by atoms with Crippen LogP contribution in [0.3, 0.4) is 0 Å². The van der Waals surface area contributed by atoms with E-state index in [1.807, 2.05) is 64.9 Å². The molecule has 0 atom stereocenters. The SMILES string of the molecule is Cc1ccc(NC(=O)CSc2nc3ccccc3n2CC(=O)N2CCC(C)CC2)cc1. The Bertz CT molecular complexity index is 1070. The van der Waals surface area contributed by atoms with Crippen LogP contribution in [0.4, 0.5) is 5.69 Å². The number of nitrogens with one attached hydrogen (secondary N) is 1. The first-order chi connectivity index (χ1) is 15.0. The van der Waals surface area contributed by atoms with E-state index in [0.29, 0.717) is 11.1 Å². The number of nitrogens with zero attached hydrogens (tertiary/aromatic N) is 3. The molecule has 0 saturated carbocycles. The number of anilines is 1. The molecule has 0 aliphatic carbocycles. The van der Waals surface area contributed by atoms with Crippen molar-refractivity contribution in [2.75, 3.05) is 24.2 Å². The van der Waals surface area contributed by atoms with E-state index in [0.717, 1.165) is 48.2 Å². The Balaban J connectivity index is 1.46. The first-order valence-electron chi connectivity index (χ1n) is 10.7. The van der Waals surface area contributed by atoms with Gasteiger partial charge >= 0.3 is 0 Å². The van der Waals surface area contributed by atoms with Crippen molar-refractivity contribution in [3.63, 3.8) is 0 Å². The number of carbonyl (C=O) groups is 2. The van der Waals surface area contributed by atoms with Gasteiger partial charge in [-0.05, 0) is 49.9 Å². The molecule has 31 heavy (non-hydrogen) atoms. The van der Waals surface area contributed by atoms with Gasteiger partial charge in [0.15, 0.2) is 5.16 Å². The second-order valence-electron chi connectivity index (χ2n) is 8.24. The fourth-order valence-corrected chi connectivity index (χ4v) is 4.59. The van der Waals surface area contributed by atoms with E-state index in [4.69, 9.17) is 0 Å². The summed E-state index contributed by atoms with van der Waals surface area (Å²) in [5, 5.41) is 3.61. The molecule has 0 bridgehead atoms. The summed E-state index contributed by atoms with van der Waals surface area (Å²) in [6.45, 7) is 6.12. The summed E-state index contributed by atoms with van der Waals surface area (Å²) in [7, 11) is 0. The highest BCUT2D eigenvalue weighted by atomic mass is 32.2. The van der Waals surface area contributed by atoms with Gasteiger partial charge in [0.05, 0.1) is 16.8 Å². The molecule has 4 rings (SSSR count). The number of benzene rings is 2. The Morgan fingerprint density at radius 2 is 1.81 bits per heavy atom. The van der Waals surface area contributed by atoms with Crippen molar-refractivity contribution in [3.05, 3.63) is 54.1 Å². The number of carbonyl (C=O) groups excluding carboxylic acids is 2. The lowest BCUT2D eigenvalue weighted by Crippen LogP contribution is -2.39. The van der Waals surface area contributed by atoms with Gasteiger partial charge in [0.25, 0.3) is 0 Å². The number of thioether (sulfide) groups is 1. The maximum Gasteiger partial charge on any atom is 0.242 e. The van der Waals surface area contributed by atoms with Crippen molar-refractivity contribution >= 4 is 40.3 Å². The minimum atomic E-state index is -0.0937. The van der Waals surface area contributed by atoms with Crippen molar-refractivity contribution in [1.29, 1.82) is 0 Å². The maximum atomic E-state index is 13.0. The molecule has 7 heteroatoms. The third kappa shape index (κ3) is 5.28. The van der Waals surface area contributed by atoms with Gasteiger partial charge in [-0.1, -0.05) is 48.5 Å². The number of hydrogen-bond donors (Lipinski definition) is 1. The lowest BCUT2D eigenvalue weighted by Gasteiger charge is -2.30. The molecule has 0 spiro atoms. The molecule has 1 saturated heterocycles. The van der Waals surface area contributed by atoms with Crippen LogP contribution in [-0.2, 0) is 16.1 Å². The Hall–Kier alpha value is -2.80. The number of amides is 2. The van der Waals surface area contributed by atoms with Gasteiger partial charge in [-0.3, -0.25) is 9.59 Å². The largest absolute Gasteiger partial charge is 0.341 e. The summed E-state index contributed by atoms with van der Waals surface area (Å²) in [6.07, 6.45) is 2.11. The summed E-state index contributed by atoms with van der Waals surface area (Å²) in [4.78, 5) is 32.1. The number of piperidine rings is 1. The molecule has 1 fully saturated rings. The molecule has 2 amide bonds. The number of rotatable bonds is 6. The average Bonchev–Trinajstić information content (AvgIpc) is 3.12. The van der Waals surface area contributed by atoms with Crippen molar-refractivity contribution in [2.24, 2.45) is 5.92 Å². The number of hydrogen-bond acceptors (Lipinski definition) is 4. The van der Waals surface area contributed by atoms with Crippen molar-refractivity contribution in [2.45, 2.75) is 38.4 Å². The van der Waals surface area contributed by atoms with Crippen LogP contribution in [-0.4, -0.2) is 45.1 Å². The molecule has 1 aromatic heterocycles. The van der Waals surface area contributed by atoms with E-state index in [9.17, 15) is 9.59 Å². The quantitative estimate of drug-likeness (QED) is 0.584. The van der Waals surface area contributed by atoms with Crippen LogP contribution in [0.5, 0.6) is 0 Å². The molecule has 3 aromatic rings. The van der Waals surface area contributed by atoms with Crippen LogP contribution < -0.4 is 5.32 Å². The standard InChI is InChI=1S/C24H28N4O2S/c1-17-7-9-19(10-8-17)25-22(29)16-31-24-26-20-5-3-4-6-21(20)28(24)15-23(30)27-13-11-18(2)12-14-27/h3-10,18H,11-16H2,1-2H3,(H,25,29). The molecule has 1 aliphatic heterocycles. The van der Waals surface area contributed by atoms with Crippen LogP contribution >= 0.6 is 11.8 Å². The van der Waals surface area contributed by atoms with Gasteiger partial charge in [0, 0.05) is 18.8 Å². The molecule has 0 unspecified atom stereocenters. The Morgan fingerprint density at radius 1 is 1.10 bits per heavy atom. The van der Waals surface area contributed by atoms with E-state index in [2.05, 4.69) is 17.2 Å². The molecule has 6 nitrogen and oxygen atoms in total. The predicted molar refractivity (Wildman–Crippen MR) is 125 cm³/mol. The molecular formula is C24H28N4O2S. The van der Waals surface area contributed by atoms with E-state index in [1.54, 1.807) is 0 Å². The Kier molecular flexibility index (Phi) is 6.61. The summed E-state index contributed by atoms with van der Waals surface area (Å²) in [5.74, 6) is 0.924. The van der Waals surface area contributed by atoms with E-state index in [-0.39, 0.29) is 24.1 Å². The van der Waals surface area contributed by atoms with Gasteiger partial charge in [-0.25, -0.2) is 4.98 Å². The number of likely N-dealkylation sites (tertiary alicyclic amines) is 1. The zero-order chi connectivity index (χ0) is 21.8. The smallest absolute Gasteiger partial charge is 0.242 e. The predicted octanol–water partition coefficient (Wildman–Crippen LogP) is 4.33. The minimum Gasteiger partial charge on any atom is -0.341 e. The molecule has 162 valence electrons. The third-order valence-electron chi connectivity index (χ3n) is 5.72. The number of aryl methyl sites for hydroxylation is 1. The van der Waals surface area contributed by atoms with Crippen LogP contribution in [0.25, 0.3) is 11.0 Å². The van der Waals surface area contributed by atoms with Crippen molar-refractivity contribution in [1.82, 2.24) is 14.5 Å². The van der Waals surface area contributed by atoms with E-state index < -0.39 is 0 Å². The number of para-hydroxylation sites is 2. The van der Waals surface area contributed by atoms with Gasteiger partial charge in [-0.15, -0.1) is 0 Å². The lowest BCUT2D eigenvalue weighted by molar-refractivity contribution is -0.133. The zero-order valence-electron chi connectivity index (χ0n) is 18.0. The molecular weight excluding hydrogens is 408 g/mol. The van der Waals surface area contributed by atoms with E-state index in [1.165, 1.54) is 11.8 Å². The molecule has 1 aliphatic rings. The van der Waals surface area contributed by atoms with Crippen LogP contribution in [0.15, 0.2) is 53.7 Å². The summed E-state index contributed by atoms with van der Waals surface area (Å²) in [6, 6.07) is 15.5. The Morgan fingerprint density at radius 3 is 2.55 bits per heavy atom. The highest BCUT2D eigenvalue weighted by Crippen LogP contribution is 2.25. The third-order valence-corrected chi connectivity index (χ3v) is 6.69. The zero-order valence-corrected chi connectivity index (χ0v) is 18.8. The number of imidazole rings is 1. The summed E-state index contributed by atoms with van der Waals surface area (Å²) in [5.41, 5.74) is 3.68. The van der Waals surface area contributed by atoms with Crippen molar-refractivity contribution in [3.8, 4) is 0 Å². The molecule has 0 radical (unpaired) electrons. The number of aromatic nitrogens is 2. The van der Waals surface area contributed by atoms with Gasteiger partial charge in [0.1, 0.15) is 6.54 Å². The van der Waals surface area contributed by atoms with Gasteiger partial charge < -0.3 is 14.8 Å². The Labute approximate surface area is 187 Å². The van der Waals surface area contributed by atoms with Gasteiger partial charge in [-0.2, -0.15) is 0 Å². The summed E-state index contributed by atoms with van der Waals surface area (Å²) >= 11 is 1.36. The maximum absolute atomic E-state index is 13.0. The van der Waals surface area contributed by atoms with Crippen LogP contribution in [0.2, 0.25) is 0 Å². The van der Waals surface area contributed by atoms with Gasteiger partial charge in [0.2, 0.25) is 11.8 Å². The average molecular weight is 437 g/mol. The molecule has 1 N–H and O–H groups in total. The highest BCUT2D eigenvalue weighted by Gasteiger charge is 2.22. The first kappa shape index (κ1) is 21.4. The molecule has 2 aromatic carbocycles. The van der Waals surface area contributed by atoms with Crippen LogP contribution in [0, 0.1) is 12.8 Å². The fourth-order valence-electron chi connectivity index (χ4n) is 3.77. The normalized spacial score (nSPS) is 14.7. The first-order valence-corrected chi connectivity index (χ1v) is 11.7. The minimum absolute atomic E-state index is 0.0937. The second kappa shape index (κ2) is 9.56. The highest BCUT2D eigenvalue weighted by molar-refractivity contribution is 7.99. The fraction of sp³-hybridized carbons (Fsp3) is 0.375.